The molecular formula is C15H28N2O3. The summed E-state index contributed by atoms with van der Waals surface area (Å²) in [6, 6.07) is 1.72. The average molecular weight is 284 g/mol. The van der Waals surface area contributed by atoms with E-state index in [2.05, 4.69) is 6.07 Å². The summed E-state index contributed by atoms with van der Waals surface area (Å²) in [6.45, 7) is 9.80. The minimum atomic E-state index is -0.553. The number of rotatable bonds is 7. The highest BCUT2D eigenvalue weighted by atomic mass is 16.6. The van der Waals surface area contributed by atoms with Crippen LogP contribution in [0.2, 0.25) is 0 Å². The molecule has 0 aromatic carbocycles. The zero-order valence-corrected chi connectivity index (χ0v) is 13.6. The van der Waals surface area contributed by atoms with Crippen molar-refractivity contribution in [2.45, 2.75) is 71.6 Å². The van der Waals surface area contributed by atoms with E-state index < -0.39 is 17.7 Å². The van der Waals surface area contributed by atoms with E-state index in [0.29, 0.717) is 13.0 Å². The molecule has 0 rings (SSSR count). The van der Waals surface area contributed by atoms with Crippen molar-refractivity contribution in [2.75, 3.05) is 13.7 Å². The number of ether oxygens (including phenoxy) is 2. The van der Waals surface area contributed by atoms with Crippen molar-refractivity contribution in [2.24, 2.45) is 0 Å². The number of nitrogens with zero attached hydrogens (tertiary/aromatic N) is 2. The molecule has 0 aromatic rings. The second-order valence-electron chi connectivity index (χ2n) is 5.75. The molecule has 1 amide bonds. The first-order chi connectivity index (χ1) is 9.28. The lowest BCUT2D eigenvalue weighted by atomic mass is 10.1. The molecule has 0 saturated carbocycles. The number of carbonyl (C=O) groups excluding carboxylic acids is 1. The molecule has 0 radical (unpaired) electrons. The van der Waals surface area contributed by atoms with Gasteiger partial charge in [-0.3, -0.25) is 4.90 Å². The summed E-state index contributed by atoms with van der Waals surface area (Å²) in [7, 11) is 1.67. The number of hydrogen-bond donors (Lipinski definition) is 0. The summed E-state index contributed by atoms with van der Waals surface area (Å²) in [4.78, 5) is 13.6. The van der Waals surface area contributed by atoms with Crippen molar-refractivity contribution < 1.29 is 14.3 Å². The molecule has 0 aliphatic rings. The van der Waals surface area contributed by atoms with Crippen molar-refractivity contribution in [1.29, 1.82) is 5.26 Å². The predicted molar refractivity (Wildman–Crippen MR) is 78.3 cm³/mol. The van der Waals surface area contributed by atoms with Crippen LogP contribution >= 0.6 is 0 Å². The second-order valence-corrected chi connectivity index (χ2v) is 5.75. The Morgan fingerprint density at radius 2 is 1.90 bits per heavy atom. The molecule has 0 N–H and O–H groups in total. The first kappa shape index (κ1) is 18.7. The number of carbonyl (C=O) groups is 1. The van der Waals surface area contributed by atoms with Crippen molar-refractivity contribution in [3.8, 4) is 6.07 Å². The Morgan fingerprint density at radius 1 is 1.30 bits per heavy atom. The fraction of sp³-hybridized carbons (Fsp3) is 0.867. The van der Waals surface area contributed by atoms with Crippen LogP contribution in [0.3, 0.4) is 0 Å². The van der Waals surface area contributed by atoms with Crippen LogP contribution in [-0.2, 0) is 9.47 Å². The lowest BCUT2D eigenvalue weighted by Crippen LogP contribution is -2.43. The van der Waals surface area contributed by atoms with Gasteiger partial charge in [0.05, 0.1) is 12.2 Å². The molecular weight excluding hydrogens is 256 g/mol. The number of methoxy groups -OCH3 is 1. The summed E-state index contributed by atoms with van der Waals surface area (Å²) in [5.41, 5.74) is -0.553. The summed E-state index contributed by atoms with van der Waals surface area (Å²) in [5, 5.41) is 9.29. The first-order valence-corrected chi connectivity index (χ1v) is 7.21. The molecule has 0 fully saturated rings. The third-order valence-electron chi connectivity index (χ3n) is 3.04. The molecule has 0 aromatic heterocycles. The van der Waals surface area contributed by atoms with Crippen LogP contribution in [0.4, 0.5) is 4.79 Å². The predicted octanol–water partition coefficient (Wildman–Crippen LogP) is 3.34. The van der Waals surface area contributed by atoms with Crippen LogP contribution in [0.5, 0.6) is 0 Å². The monoisotopic (exact) mass is 284 g/mol. The van der Waals surface area contributed by atoms with Gasteiger partial charge in [-0.25, -0.2) is 4.79 Å². The van der Waals surface area contributed by atoms with E-state index in [0.717, 1.165) is 12.8 Å². The van der Waals surface area contributed by atoms with E-state index in [1.165, 1.54) is 4.90 Å². The average Bonchev–Trinajstić information content (AvgIpc) is 2.36. The van der Waals surface area contributed by atoms with E-state index in [1.807, 2.05) is 34.6 Å². The Bertz CT molecular complexity index is 327. The van der Waals surface area contributed by atoms with Crippen LogP contribution in [0, 0.1) is 11.3 Å². The molecule has 2 unspecified atom stereocenters. The van der Waals surface area contributed by atoms with Crippen LogP contribution in [0.25, 0.3) is 0 Å². The number of hydrogen-bond acceptors (Lipinski definition) is 4. The zero-order valence-electron chi connectivity index (χ0n) is 13.6. The molecule has 0 aliphatic heterocycles. The number of amides is 1. The minimum Gasteiger partial charge on any atom is -0.444 e. The van der Waals surface area contributed by atoms with E-state index in [-0.39, 0.29) is 6.10 Å². The molecule has 5 heteroatoms. The van der Waals surface area contributed by atoms with E-state index in [9.17, 15) is 10.1 Å². The summed E-state index contributed by atoms with van der Waals surface area (Å²) >= 11 is 0. The molecule has 5 nitrogen and oxygen atoms in total. The van der Waals surface area contributed by atoms with Crippen molar-refractivity contribution in [3.63, 3.8) is 0 Å². The summed E-state index contributed by atoms with van der Waals surface area (Å²) < 4.78 is 10.6. The van der Waals surface area contributed by atoms with Crippen molar-refractivity contribution in [1.82, 2.24) is 4.90 Å². The van der Waals surface area contributed by atoms with Crippen LogP contribution in [0.15, 0.2) is 0 Å². The minimum absolute atomic E-state index is 0.128. The van der Waals surface area contributed by atoms with E-state index >= 15 is 0 Å². The number of nitriles is 1. The topological polar surface area (TPSA) is 62.6 Å². The highest BCUT2D eigenvalue weighted by molar-refractivity contribution is 5.69. The molecule has 116 valence electrons. The van der Waals surface area contributed by atoms with Gasteiger partial charge in [0, 0.05) is 13.7 Å². The molecule has 2 atom stereocenters. The highest BCUT2D eigenvalue weighted by Crippen LogP contribution is 2.16. The molecule has 0 bridgehead atoms. The smallest absolute Gasteiger partial charge is 0.411 e. The molecule has 0 heterocycles. The fourth-order valence-corrected chi connectivity index (χ4v) is 1.92. The zero-order chi connectivity index (χ0) is 15.8. The Hall–Kier alpha value is -1.28. The maximum absolute atomic E-state index is 12.1. The Kier molecular flexibility index (Phi) is 8.24. The molecule has 0 saturated heterocycles. The van der Waals surface area contributed by atoms with Gasteiger partial charge in [0.1, 0.15) is 11.6 Å². The maximum atomic E-state index is 12.1. The van der Waals surface area contributed by atoms with Crippen LogP contribution in [0.1, 0.15) is 53.9 Å². The third-order valence-corrected chi connectivity index (χ3v) is 3.04. The maximum Gasteiger partial charge on any atom is 0.411 e. The first-order valence-electron chi connectivity index (χ1n) is 7.21. The largest absolute Gasteiger partial charge is 0.444 e. The van der Waals surface area contributed by atoms with Crippen LogP contribution < -0.4 is 0 Å². The van der Waals surface area contributed by atoms with E-state index in [4.69, 9.17) is 9.47 Å². The Labute approximate surface area is 122 Å². The third kappa shape index (κ3) is 6.76. The van der Waals surface area contributed by atoms with Gasteiger partial charge in [0.15, 0.2) is 0 Å². The van der Waals surface area contributed by atoms with E-state index in [1.54, 1.807) is 7.11 Å². The standard InChI is InChI=1S/C15H28N2O3/c1-7-13(19-6)10-9-12(11-16)17(8-2)14(18)20-15(3,4)5/h12-13H,7-10H2,1-6H3. The SMILES string of the molecule is CCC(CCC(C#N)N(CC)C(=O)OC(C)(C)C)OC. The van der Waals surface area contributed by atoms with Crippen molar-refractivity contribution >= 4 is 6.09 Å². The van der Waals surface area contributed by atoms with Gasteiger partial charge < -0.3 is 9.47 Å². The van der Waals surface area contributed by atoms with Gasteiger partial charge in [-0.15, -0.1) is 0 Å². The fourth-order valence-electron chi connectivity index (χ4n) is 1.92. The molecule has 0 spiro atoms. The normalized spacial score (nSPS) is 14.2. The van der Waals surface area contributed by atoms with Gasteiger partial charge in [-0.2, -0.15) is 5.26 Å². The lowest BCUT2D eigenvalue weighted by molar-refractivity contribution is 0.0187. The second kappa shape index (κ2) is 8.80. The quantitative estimate of drug-likeness (QED) is 0.719. The van der Waals surface area contributed by atoms with Gasteiger partial charge in [0.25, 0.3) is 0 Å². The van der Waals surface area contributed by atoms with Crippen LogP contribution in [-0.4, -0.2) is 42.4 Å². The highest BCUT2D eigenvalue weighted by Gasteiger charge is 2.27. The lowest BCUT2D eigenvalue weighted by Gasteiger charge is -2.30. The van der Waals surface area contributed by atoms with Crippen molar-refractivity contribution in [3.05, 3.63) is 0 Å². The molecule has 0 aliphatic carbocycles. The molecule has 20 heavy (non-hydrogen) atoms. The van der Waals surface area contributed by atoms with Gasteiger partial charge >= 0.3 is 6.09 Å². The summed E-state index contributed by atoms with van der Waals surface area (Å²) in [5.74, 6) is 0. The van der Waals surface area contributed by atoms with Gasteiger partial charge in [0.2, 0.25) is 0 Å². The van der Waals surface area contributed by atoms with Gasteiger partial charge in [-0.05, 0) is 47.0 Å². The Balaban J connectivity index is 4.66. The summed E-state index contributed by atoms with van der Waals surface area (Å²) in [6.07, 6.45) is 1.94. The van der Waals surface area contributed by atoms with Gasteiger partial charge in [-0.1, -0.05) is 6.92 Å². The Morgan fingerprint density at radius 3 is 2.25 bits per heavy atom.